The molecule has 5 heteroatoms. The minimum Gasteiger partial charge on any atom is -0.467 e. The van der Waals surface area contributed by atoms with Gasteiger partial charge in [-0.15, -0.1) is 0 Å². The molecule has 0 aliphatic rings. The molecule has 0 saturated carbocycles. The number of nitrogen functional groups attached to an aromatic ring is 1. The summed E-state index contributed by atoms with van der Waals surface area (Å²) in [4.78, 5) is 11.7. The standard InChI is InChI=1S/C14H19N3O2/c1-9(2)6-13(14(18)19-3)17-11-4-5-12(16)10(7-11)8-15/h4-5,7,9,13,17H,6,16H2,1-3H3. The molecule has 0 aromatic heterocycles. The maximum Gasteiger partial charge on any atom is 0.328 e. The van der Waals surface area contributed by atoms with E-state index in [1.807, 2.05) is 19.9 Å². The number of methoxy groups -OCH3 is 1. The van der Waals surface area contributed by atoms with Crippen LogP contribution >= 0.6 is 0 Å². The zero-order chi connectivity index (χ0) is 14.4. The highest BCUT2D eigenvalue weighted by Gasteiger charge is 2.20. The van der Waals surface area contributed by atoms with Crippen molar-refractivity contribution in [3.05, 3.63) is 23.8 Å². The minimum absolute atomic E-state index is 0.316. The lowest BCUT2D eigenvalue weighted by molar-refractivity contribution is -0.141. The molecule has 0 spiro atoms. The highest BCUT2D eigenvalue weighted by Crippen LogP contribution is 2.19. The van der Waals surface area contributed by atoms with E-state index in [0.717, 1.165) is 0 Å². The van der Waals surface area contributed by atoms with E-state index in [9.17, 15) is 4.79 Å². The lowest BCUT2D eigenvalue weighted by Crippen LogP contribution is -2.32. The summed E-state index contributed by atoms with van der Waals surface area (Å²) in [5.74, 6) is 0.0323. The molecule has 5 nitrogen and oxygen atoms in total. The van der Waals surface area contributed by atoms with Gasteiger partial charge in [0.15, 0.2) is 0 Å². The number of benzene rings is 1. The first-order valence-corrected chi connectivity index (χ1v) is 6.12. The van der Waals surface area contributed by atoms with Gasteiger partial charge in [-0.3, -0.25) is 0 Å². The Morgan fingerprint density at radius 1 is 1.53 bits per heavy atom. The molecule has 1 aromatic carbocycles. The molecule has 1 unspecified atom stereocenters. The second-order valence-electron chi connectivity index (χ2n) is 4.76. The highest BCUT2D eigenvalue weighted by molar-refractivity contribution is 5.79. The van der Waals surface area contributed by atoms with Gasteiger partial charge in [0.1, 0.15) is 12.1 Å². The molecule has 19 heavy (non-hydrogen) atoms. The van der Waals surface area contributed by atoms with Crippen LogP contribution in [0, 0.1) is 17.2 Å². The van der Waals surface area contributed by atoms with Gasteiger partial charge in [-0.05, 0) is 30.5 Å². The number of nitrogens with two attached hydrogens (primary N) is 1. The summed E-state index contributed by atoms with van der Waals surface area (Å²) >= 11 is 0. The predicted octanol–water partition coefficient (Wildman–Crippen LogP) is 2.14. The van der Waals surface area contributed by atoms with Crippen LogP contribution in [0.15, 0.2) is 18.2 Å². The van der Waals surface area contributed by atoms with Crippen molar-refractivity contribution in [3.63, 3.8) is 0 Å². The Morgan fingerprint density at radius 2 is 2.21 bits per heavy atom. The first-order chi connectivity index (χ1) is 8.97. The van der Waals surface area contributed by atoms with Gasteiger partial charge in [0.2, 0.25) is 0 Å². The molecule has 102 valence electrons. The van der Waals surface area contributed by atoms with Gasteiger partial charge in [-0.25, -0.2) is 4.79 Å². The molecule has 0 amide bonds. The Labute approximate surface area is 113 Å². The molecule has 0 aliphatic carbocycles. The number of nitrogens with one attached hydrogen (secondary N) is 1. The fourth-order valence-corrected chi connectivity index (χ4v) is 1.77. The molecule has 0 radical (unpaired) electrons. The molecular formula is C14H19N3O2. The normalized spacial score (nSPS) is 11.7. The average molecular weight is 261 g/mol. The van der Waals surface area contributed by atoms with Crippen molar-refractivity contribution in [1.82, 2.24) is 0 Å². The number of hydrogen-bond donors (Lipinski definition) is 2. The van der Waals surface area contributed by atoms with Crippen LogP contribution in [0.5, 0.6) is 0 Å². The van der Waals surface area contributed by atoms with Gasteiger partial charge in [-0.1, -0.05) is 13.8 Å². The third kappa shape index (κ3) is 4.18. The van der Waals surface area contributed by atoms with E-state index in [1.165, 1.54) is 7.11 Å². The second-order valence-corrected chi connectivity index (χ2v) is 4.76. The molecule has 0 bridgehead atoms. The molecule has 0 aliphatic heterocycles. The zero-order valence-corrected chi connectivity index (χ0v) is 11.4. The Hall–Kier alpha value is -2.22. The van der Waals surface area contributed by atoms with E-state index in [2.05, 4.69) is 5.32 Å². The minimum atomic E-state index is -0.430. The van der Waals surface area contributed by atoms with Crippen LogP contribution in [0.1, 0.15) is 25.8 Å². The summed E-state index contributed by atoms with van der Waals surface area (Å²) in [5.41, 5.74) is 7.15. The SMILES string of the molecule is COC(=O)C(CC(C)C)Nc1ccc(N)c(C#N)c1. The maximum absolute atomic E-state index is 11.7. The smallest absolute Gasteiger partial charge is 0.328 e. The molecule has 1 rings (SSSR count). The number of carbonyl (C=O) groups excluding carboxylic acids is 1. The van der Waals surface area contributed by atoms with Gasteiger partial charge in [0.25, 0.3) is 0 Å². The maximum atomic E-state index is 11.7. The fourth-order valence-electron chi connectivity index (χ4n) is 1.77. The summed E-state index contributed by atoms with van der Waals surface area (Å²) in [6.45, 7) is 4.06. The Bertz CT molecular complexity index is 492. The summed E-state index contributed by atoms with van der Waals surface area (Å²) in [6.07, 6.45) is 0.652. The van der Waals surface area contributed by atoms with Crippen molar-refractivity contribution >= 4 is 17.3 Å². The molecule has 3 N–H and O–H groups in total. The van der Waals surface area contributed by atoms with Crippen LogP contribution in [0.3, 0.4) is 0 Å². The fraction of sp³-hybridized carbons (Fsp3) is 0.429. The Morgan fingerprint density at radius 3 is 2.74 bits per heavy atom. The van der Waals surface area contributed by atoms with Gasteiger partial charge in [0.05, 0.1) is 12.7 Å². The predicted molar refractivity (Wildman–Crippen MR) is 74.5 cm³/mol. The van der Waals surface area contributed by atoms with E-state index in [-0.39, 0.29) is 5.97 Å². The second kappa shape index (κ2) is 6.64. The van der Waals surface area contributed by atoms with E-state index >= 15 is 0 Å². The van der Waals surface area contributed by atoms with E-state index in [0.29, 0.717) is 29.3 Å². The van der Waals surface area contributed by atoms with Crippen LogP contribution < -0.4 is 11.1 Å². The first-order valence-electron chi connectivity index (χ1n) is 6.12. The number of hydrogen-bond acceptors (Lipinski definition) is 5. The van der Waals surface area contributed by atoms with Crippen LogP contribution in [0.25, 0.3) is 0 Å². The monoisotopic (exact) mass is 261 g/mol. The third-order valence-corrected chi connectivity index (χ3v) is 2.71. The Balaban J connectivity index is 2.90. The topological polar surface area (TPSA) is 88.1 Å². The highest BCUT2D eigenvalue weighted by atomic mass is 16.5. The van der Waals surface area contributed by atoms with Gasteiger partial charge >= 0.3 is 5.97 Å². The third-order valence-electron chi connectivity index (χ3n) is 2.71. The van der Waals surface area contributed by atoms with Crippen molar-refractivity contribution in [1.29, 1.82) is 5.26 Å². The number of ether oxygens (including phenoxy) is 1. The number of esters is 1. The van der Waals surface area contributed by atoms with Crippen LogP contribution in [0.2, 0.25) is 0 Å². The van der Waals surface area contributed by atoms with Crippen molar-refractivity contribution in [3.8, 4) is 6.07 Å². The van der Waals surface area contributed by atoms with E-state index in [4.69, 9.17) is 15.7 Å². The number of nitrogens with zero attached hydrogens (tertiary/aromatic N) is 1. The van der Waals surface area contributed by atoms with Crippen molar-refractivity contribution in [2.45, 2.75) is 26.3 Å². The number of rotatable bonds is 5. The van der Waals surface area contributed by atoms with Gasteiger partial charge in [-0.2, -0.15) is 5.26 Å². The summed E-state index contributed by atoms with van der Waals surface area (Å²) in [6, 6.07) is 6.60. The largest absolute Gasteiger partial charge is 0.467 e. The lowest BCUT2D eigenvalue weighted by Gasteiger charge is -2.19. The molecule has 1 aromatic rings. The molecule has 0 heterocycles. The number of carbonyl (C=O) groups is 1. The van der Waals surface area contributed by atoms with Gasteiger partial charge in [0, 0.05) is 11.4 Å². The van der Waals surface area contributed by atoms with E-state index < -0.39 is 6.04 Å². The summed E-state index contributed by atoms with van der Waals surface area (Å²) < 4.78 is 4.77. The molecule has 0 fully saturated rings. The van der Waals surface area contributed by atoms with Crippen molar-refractivity contribution < 1.29 is 9.53 Å². The molecular weight excluding hydrogens is 242 g/mol. The van der Waals surface area contributed by atoms with Crippen molar-refractivity contribution in [2.75, 3.05) is 18.2 Å². The lowest BCUT2D eigenvalue weighted by atomic mass is 10.0. The average Bonchev–Trinajstić information content (AvgIpc) is 2.38. The van der Waals surface area contributed by atoms with Crippen LogP contribution in [0.4, 0.5) is 11.4 Å². The first kappa shape index (κ1) is 14.8. The summed E-state index contributed by atoms with van der Waals surface area (Å²) in [5, 5.41) is 12.0. The molecule has 0 saturated heterocycles. The Kier molecular flexibility index (Phi) is 5.19. The molecule has 1 atom stereocenters. The van der Waals surface area contributed by atoms with Gasteiger partial charge < -0.3 is 15.8 Å². The summed E-state index contributed by atoms with van der Waals surface area (Å²) in [7, 11) is 1.36. The van der Waals surface area contributed by atoms with Crippen molar-refractivity contribution in [2.24, 2.45) is 5.92 Å². The number of nitriles is 1. The van der Waals surface area contributed by atoms with E-state index in [1.54, 1.807) is 18.2 Å². The zero-order valence-electron chi connectivity index (χ0n) is 11.4. The quantitative estimate of drug-likeness (QED) is 0.626. The number of anilines is 2. The van der Waals surface area contributed by atoms with Crippen LogP contribution in [-0.4, -0.2) is 19.1 Å². The van der Waals surface area contributed by atoms with Crippen LogP contribution in [-0.2, 0) is 9.53 Å².